The van der Waals surface area contributed by atoms with Crippen molar-refractivity contribution in [3.63, 3.8) is 0 Å². The van der Waals surface area contributed by atoms with Crippen LogP contribution in [0.15, 0.2) is 48.9 Å². The van der Waals surface area contributed by atoms with E-state index in [1.54, 1.807) is 30.6 Å². The lowest BCUT2D eigenvalue weighted by Gasteiger charge is -2.09. The molecule has 0 radical (unpaired) electrons. The molecule has 120 valence electrons. The standard InChI is InChI=1S/C18H15FN4O/c1-11-6-7-20-9-14(11)13-8-16(21-10-15(13)19)18(24)23-17-5-3-4-12(2)22-17/h3-10H,1-2H3,(H,22,23,24). The average Bonchev–Trinajstić information content (AvgIpc) is 2.56. The van der Waals surface area contributed by atoms with Crippen LogP contribution in [0.4, 0.5) is 10.2 Å². The highest BCUT2D eigenvalue weighted by Gasteiger charge is 2.15. The molecule has 0 unspecified atom stereocenters. The lowest BCUT2D eigenvalue weighted by molar-refractivity contribution is 0.102. The van der Waals surface area contributed by atoms with Gasteiger partial charge in [0, 0.05) is 29.2 Å². The molecule has 0 aliphatic carbocycles. The van der Waals surface area contributed by atoms with Crippen LogP contribution in [0.25, 0.3) is 11.1 Å². The molecule has 0 saturated heterocycles. The summed E-state index contributed by atoms with van der Waals surface area (Å²) in [4.78, 5) is 24.5. The number of carbonyl (C=O) groups is 1. The summed E-state index contributed by atoms with van der Waals surface area (Å²) in [6.07, 6.45) is 4.24. The maximum absolute atomic E-state index is 14.1. The maximum atomic E-state index is 14.1. The number of halogens is 1. The molecule has 0 saturated carbocycles. The fourth-order valence-corrected chi connectivity index (χ4v) is 2.31. The van der Waals surface area contributed by atoms with E-state index in [1.807, 2.05) is 19.9 Å². The van der Waals surface area contributed by atoms with Crippen molar-refractivity contribution in [3.05, 3.63) is 71.7 Å². The zero-order chi connectivity index (χ0) is 17.1. The third-order valence-electron chi connectivity index (χ3n) is 3.55. The quantitative estimate of drug-likeness (QED) is 0.801. The largest absolute Gasteiger partial charge is 0.305 e. The molecule has 0 aliphatic heterocycles. The van der Waals surface area contributed by atoms with Crippen molar-refractivity contribution in [3.8, 4) is 11.1 Å². The minimum atomic E-state index is -0.503. The number of anilines is 1. The van der Waals surface area contributed by atoms with E-state index in [-0.39, 0.29) is 11.3 Å². The van der Waals surface area contributed by atoms with Gasteiger partial charge in [0.25, 0.3) is 5.91 Å². The summed E-state index contributed by atoms with van der Waals surface area (Å²) in [6.45, 7) is 3.68. The summed E-state index contributed by atoms with van der Waals surface area (Å²) >= 11 is 0. The molecule has 1 amide bonds. The van der Waals surface area contributed by atoms with Crippen LogP contribution in [0.5, 0.6) is 0 Å². The molecule has 5 nitrogen and oxygen atoms in total. The summed E-state index contributed by atoms with van der Waals surface area (Å²) in [6, 6.07) is 8.51. The fraction of sp³-hybridized carbons (Fsp3) is 0.111. The normalized spacial score (nSPS) is 10.5. The third kappa shape index (κ3) is 3.27. The van der Waals surface area contributed by atoms with Gasteiger partial charge in [-0.2, -0.15) is 0 Å². The van der Waals surface area contributed by atoms with E-state index >= 15 is 0 Å². The average molecular weight is 322 g/mol. The van der Waals surface area contributed by atoms with Gasteiger partial charge in [-0.15, -0.1) is 0 Å². The van der Waals surface area contributed by atoms with Crippen molar-refractivity contribution >= 4 is 11.7 Å². The van der Waals surface area contributed by atoms with Gasteiger partial charge in [-0.3, -0.25) is 9.78 Å². The Balaban J connectivity index is 1.94. The van der Waals surface area contributed by atoms with Crippen LogP contribution >= 0.6 is 0 Å². The predicted molar refractivity (Wildman–Crippen MR) is 89.1 cm³/mol. The number of nitrogens with zero attached hydrogens (tertiary/aromatic N) is 3. The molecule has 3 aromatic heterocycles. The van der Waals surface area contributed by atoms with Crippen molar-refractivity contribution in [2.24, 2.45) is 0 Å². The summed E-state index contributed by atoms with van der Waals surface area (Å²) in [7, 11) is 0. The van der Waals surface area contributed by atoms with Gasteiger partial charge in [-0.25, -0.2) is 14.4 Å². The zero-order valence-electron chi connectivity index (χ0n) is 13.2. The molecule has 0 aromatic carbocycles. The van der Waals surface area contributed by atoms with E-state index in [0.717, 1.165) is 17.5 Å². The van der Waals surface area contributed by atoms with Gasteiger partial charge in [0.1, 0.15) is 17.3 Å². The molecular formula is C18H15FN4O. The number of rotatable bonds is 3. The van der Waals surface area contributed by atoms with E-state index in [9.17, 15) is 9.18 Å². The van der Waals surface area contributed by atoms with Crippen molar-refractivity contribution in [2.45, 2.75) is 13.8 Å². The number of aromatic nitrogens is 3. The van der Waals surface area contributed by atoms with Crippen LogP contribution in [0.1, 0.15) is 21.7 Å². The summed E-state index contributed by atoms with van der Waals surface area (Å²) in [5.41, 5.74) is 2.67. The smallest absolute Gasteiger partial charge is 0.275 e. The molecule has 3 aromatic rings. The van der Waals surface area contributed by atoms with Crippen LogP contribution in [0, 0.1) is 19.7 Å². The fourth-order valence-electron chi connectivity index (χ4n) is 2.31. The van der Waals surface area contributed by atoms with Crippen LogP contribution in [-0.2, 0) is 0 Å². The topological polar surface area (TPSA) is 67.8 Å². The second-order valence-corrected chi connectivity index (χ2v) is 5.36. The Hall–Kier alpha value is -3.15. The molecule has 24 heavy (non-hydrogen) atoms. The highest BCUT2D eigenvalue weighted by atomic mass is 19.1. The molecule has 0 spiro atoms. The minimum Gasteiger partial charge on any atom is -0.305 e. The summed E-state index contributed by atoms with van der Waals surface area (Å²) in [5.74, 6) is -0.530. The van der Waals surface area contributed by atoms with Crippen LogP contribution in [0.2, 0.25) is 0 Å². The number of amides is 1. The second kappa shape index (κ2) is 6.54. The van der Waals surface area contributed by atoms with Gasteiger partial charge >= 0.3 is 0 Å². The Morgan fingerprint density at radius 2 is 1.96 bits per heavy atom. The Kier molecular flexibility index (Phi) is 4.29. The van der Waals surface area contributed by atoms with Crippen LogP contribution < -0.4 is 5.32 Å². The third-order valence-corrected chi connectivity index (χ3v) is 3.55. The maximum Gasteiger partial charge on any atom is 0.275 e. The van der Waals surface area contributed by atoms with Gasteiger partial charge in [0.2, 0.25) is 0 Å². The summed E-state index contributed by atoms with van der Waals surface area (Å²) < 4.78 is 14.1. The number of aryl methyl sites for hydroxylation is 2. The van der Waals surface area contributed by atoms with Gasteiger partial charge < -0.3 is 5.32 Å². The predicted octanol–water partition coefficient (Wildman–Crippen LogP) is 3.55. The Bertz CT molecular complexity index is 911. The van der Waals surface area contributed by atoms with E-state index in [0.29, 0.717) is 11.4 Å². The molecule has 1 N–H and O–H groups in total. The summed E-state index contributed by atoms with van der Waals surface area (Å²) in [5, 5.41) is 2.66. The monoisotopic (exact) mass is 322 g/mol. The molecule has 0 fully saturated rings. The molecule has 0 atom stereocenters. The number of carbonyl (C=O) groups excluding carboxylic acids is 1. The second-order valence-electron chi connectivity index (χ2n) is 5.36. The molecule has 0 bridgehead atoms. The lowest BCUT2D eigenvalue weighted by Crippen LogP contribution is -2.15. The number of nitrogens with one attached hydrogen (secondary N) is 1. The van der Waals surface area contributed by atoms with Gasteiger partial charge in [0.05, 0.1) is 6.20 Å². The highest BCUT2D eigenvalue weighted by molar-refractivity contribution is 6.03. The van der Waals surface area contributed by atoms with E-state index in [4.69, 9.17) is 0 Å². The van der Waals surface area contributed by atoms with E-state index in [2.05, 4.69) is 20.3 Å². The zero-order valence-corrected chi connectivity index (χ0v) is 13.2. The first kappa shape index (κ1) is 15.7. The van der Waals surface area contributed by atoms with Crippen LogP contribution in [0.3, 0.4) is 0 Å². The minimum absolute atomic E-state index is 0.109. The first-order valence-corrected chi connectivity index (χ1v) is 7.36. The van der Waals surface area contributed by atoms with Crippen molar-refractivity contribution in [2.75, 3.05) is 5.32 Å². The van der Waals surface area contributed by atoms with Crippen molar-refractivity contribution in [1.82, 2.24) is 15.0 Å². The van der Waals surface area contributed by atoms with Gasteiger partial charge in [-0.05, 0) is 43.7 Å². The molecule has 3 rings (SSSR count). The number of hydrogen-bond acceptors (Lipinski definition) is 4. The van der Waals surface area contributed by atoms with Crippen molar-refractivity contribution < 1.29 is 9.18 Å². The van der Waals surface area contributed by atoms with Crippen molar-refractivity contribution in [1.29, 1.82) is 0 Å². The SMILES string of the molecule is Cc1cccc(NC(=O)c2cc(-c3cnccc3C)c(F)cn2)n1. The Labute approximate surface area is 138 Å². The Morgan fingerprint density at radius 3 is 2.71 bits per heavy atom. The van der Waals surface area contributed by atoms with E-state index in [1.165, 1.54) is 6.07 Å². The first-order valence-electron chi connectivity index (χ1n) is 7.36. The molecule has 6 heteroatoms. The lowest BCUT2D eigenvalue weighted by atomic mass is 10.0. The first-order chi connectivity index (χ1) is 11.5. The molecule has 3 heterocycles. The van der Waals surface area contributed by atoms with Gasteiger partial charge in [0.15, 0.2) is 0 Å². The number of pyridine rings is 3. The number of hydrogen-bond donors (Lipinski definition) is 1. The van der Waals surface area contributed by atoms with Crippen LogP contribution in [-0.4, -0.2) is 20.9 Å². The molecular weight excluding hydrogens is 307 g/mol. The van der Waals surface area contributed by atoms with Gasteiger partial charge in [-0.1, -0.05) is 6.07 Å². The molecule has 0 aliphatic rings. The Morgan fingerprint density at radius 1 is 1.12 bits per heavy atom. The highest BCUT2D eigenvalue weighted by Crippen LogP contribution is 2.25. The van der Waals surface area contributed by atoms with E-state index < -0.39 is 11.7 Å².